The van der Waals surface area contributed by atoms with Gasteiger partial charge in [0.2, 0.25) is 0 Å². The minimum Gasteiger partial charge on any atom is -0.378 e. The number of hydrogen-bond donors (Lipinski definition) is 1. The van der Waals surface area contributed by atoms with Crippen molar-refractivity contribution in [3.05, 3.63) is 0 Å². The molecule has 0 aromatic rings. The average Bonchev–Trinajstić information content (AvgIpc) is 2.88. The Morgan fingerprint density at radius 2 is 2.11 bits per heavy atom. The minimum atomic E-state index is 0.164. The first kappa shape index (κ1) is 14.3. The van der Waals surface area contributed by atoms with Gasteiger partial charge >= 0.3 is 0 Å². The Labute approximate surface area is 111 Å². The zero-order valence-corrected chi connectivity index (χ0v) is 12.0. The van der Waals surface area contributed by atoms with Crippen LogP contribution in [0.2, 0.25) is 0 Å². The molecule has 18 heavy (non-hydrogen) atoms. The molecular weight excluding hydrogens is 226 g/mol. The average molecular weight is 255 g/mol. The maximum absolute atomic E-state index is 6.07. The Morgan fingerprint density at radius 1 is 1.39 bits per heavy atom. The van der Waals surface area contributed by atoms with Crippen molar-refractivity contribution >= 4 is 0 Å². The van der Waals surface area contributed by atoms with Gasteiger partial charge < -0.3 is 15.4 Å². The number of nitrogens with two attached hydrogens (primary N) is 1. The molecule has 2 fully saturated rings. The summed E-state index contributed by atoms with van der Waals surface area (Å²) in [5.74, 6) is 0. The molecule has 4 heteroatoms. The fraction of sp³-hybridized carbons (Fsp3) is 1.00. The molecule has 2 N–H and O–H groups in total. The van der Waals surface area contributed by atoms with E-state index in [1.807, 2.05) is 0 Å². The highest BCUT2D eigenvalue weighted by molar-refractivity contribution is 4.94. The zero-order valence-electron chi connectivity index (χ0n) is 12.0. The maximum atomic E-state index is 6.07. The van der Waals surface area contributed by atoms with Crippen molar-refractivity contribution in [3.8, 4) is 0 Å². The Bertz CT molecular complexity index is 255. The molecule has 4 nitrogen and oxygen atoms in total. The molecule has 0 spiro atoms. The normalized spacial score (nSPS) is 34.3. The van der Waals surface area contributed by atoms with Crippen molar-refractivity contribution in [1.82, 2.24) is 9.80 Å². The first-order valence-electron chi connectivity index (χ1n) is 7.41. The molecule has 0 saturated carbocycles. The largest absolute Gasteiger partial charge is 0.378 e. The number of nitrogens with zero attached hydrogens (tertiary/aromatic N) is 2. The Morgan fingerprint density at radius 3 is 2.72 bits per heavy atom. The lowest BCUT2D eigenvalue weighted by Gasteiger charge is -2.46. The van der Waals surface area contributed by atoms with Crippen LogP contribution in [0.15, 0.2) is 0 Å². The molecule has 2 aliphatic rings. The summed E-state index contributed by atoms with van der Waals surface area (Å²) in [5.41, 5.74) is 6.24. The molecular formula is C14H29N3O. The van der Waals surface area contributed by atoms with Crippen LogP contribution in [0, 0.1) is 0 Å². The van der Waals surface area contributed by atoms with Gasteiger partial charge in [0, 0.05) is 31.8 Å². The Balaban J connectivity index is 1.85. The quantitative estimate of drug-likeness (QED) is 0.793. The highest BCUT2D eigenvalue weighted by Gasteiger charge is 2.37. The molecule has 2 aliphatic heterocycles. The van der Waals surface area contributed by atoms with Gasteiger partial charge in [0.15, 0.2) is 0 Å². The molecule has 2 saturated heterocycles. The van der Waals surface area contributed by atoms with E-state index in [1.165, 1.54) is 32.5 Å². The predicted molar refractivity (Wildman–Crippen MR) is 74.7 cm³/mol. The van der Waals surface area contributed by atoms with E-state index in [9.17, 15) is 0 Å². The lowest BCUT2D eigenvalue weighted by Crippen LogP contribution is -2.58. The van der Waals surface area contributed by atoms with Gasteiger partial charge in [-0.25, -0.2) is 0 Å². The van der Waals surface area contributed by atoms with Gasteiger partial charge in [-0.3, -0.25) is 4.90 Å². The van der Waals surface area contributed by atoms with Crippen LogP contribution >= 0.6 is 0 Å². The van der Waals surface area contributed by atoms with E-state index in [-0.39, 0.29) is 5.54 Å². The van der Waals surface area contributed by atoms with Crippen LogP contribution in [0.5, 0.6) is 0 Å². The predicted octanol–water partition coefficient (Wildman–Crippen LogP) is 0.910. The van der Waals surface area contributed by atoms with Crippen molar-refractivity contribution in [2.45, 2.75) is 44.2 Å². The third-order valence-corrected chi connectivity index (χ3v) is 4.78. The third kappa shape index (κ3) is 3.23. The van der Waals surface area contributed by atoms with Gasteiger partial charge in [-0.15, -0.1) is 0 Å². The molecule has 2 heterocycles. The zero-order chi connectivity index (χ0) is 13.0. The Kier molecular flexibility index (Phi) is 5.01. The van der Waals surface area contributed by atoms with E-state index in [2.05, 4.69) is 23.8 Å². The number of likely N-dealkylation sites (N-methyl/N-ethyl adjacent to an activating group) is 1. The molecule has 0 aromatic carbocycles. The molecule has 2 atom stereocenters. The molecule has 0 radical (unpaired) electrons. The standard InChI is InChI=1S/C14H29N3O/c1-13-11-14(12-15,5-10-18-13)16(2)8-9-17-6-3-4-7-17/h13H,3-12,15H2,1-2H3. The minimum absolute atomic E-state index is 0.164. The molecule has 0 aliphatic carbocycles. The highest BCUT2D eigenvalue weighted by Crippen LogP contribution is 2.29. The maximum Gasteiger partial charge on any atom is 0.0565 e. The van der Waals surface area contributed by atoms with Crippen LogP contribution in [0.4, 0.5) is 0 Å². The number of rotatable bonds is 5. The van der Waals surface area contributed by atoms with E-state index in [4.69, 9.17) is 10.5 Å². The second kappa shape index (κ2) is 6.33. The van der Waals surface area contributed by atoms with Crippen LogP contribution in [-0.4, -0.2) is 67.8 Å². The lowest BCUT2D eigenvalue weighted by molar-refractivity contribution is -0.0570. The van der Waals surface area contributed by atoms with Gasteiger partial charge in [0.25, 0.3) is 0 Å². The van der Waals surface area contributed by atoms with Crippen LogP contribution in [-0.2, 0) is 4.74 Å². The van der Waals surface area contributed by atoms with Crippen LogP contribution in [0.1, 0.15) is 32.6 Å². The summed E-state index contributed by atoms with van der Waals surface area (Å²) >= 11 is 0. The summed E-state index contributed by atoms with van der Waals surface area (Å²) in [7, 11) is 2.24. The fourth-order valence-electron chi connectivity index (χ4n) is 3.37. The molecule has 0 aromatic heterocycles. The van der Waals surface area contributed by atoms with Crippen molar-refractivity contribution in [2.75, 3.05) is 46.4 Å². The topological polar surface area (TPSA) is 41.7 Å². The van der Waals surface area contributed by atoms with Gasteiger partial charge in [-0.1, -0.05) is 0 Å². The molecule has 0 amide bonds. The van der Waals surface area contributed by atoms with E-state index in [1.54, 1.807) is 0 Å². The lowest BCUT2D eigenvalue weighted by atomic mass is 9.85. The van der Waals surface area contributed by atoms with Gasteiger partial charge in [-0.2, -0.15) is 0 Å². The van der Waals surface area contributed by atoms with Crippen molar-refractivity contribution in [2.24, 2.45) is 5.73 Å². The van der Waals surface area contributed by atoms with Crippen molar-refractivity contribution in [1.29, 1.82) is 0 Å². The SMILES string of the molecule is CC1CC(CN)(N(C)CCN2CCCC2)CCO1. The van der Waals surface area contributed by atoms with Gasteiger partial charge in [-0.05, 0) is 52.7 Å². The Hall–Kier alpha value is -0.160. The number of ether oxygens (including phenoxy) is 1. The summed E-state index contributed by atoms with van der Waals surface area (Å²) in [6, 6.07) is 0. The number of likely N-dealkylation sites (tertiary alicyclic amines) is 1. The fourth-order valence-corrected chi connectivity index (χ4v) is 3.37. The summed E-state index contributed by atoms with van der Waals surface area (Å²) in [6.45, 7) is 8.64. The number of hydrogen-bond acceptors (Lipinski definition) is 4. The molecule has 0 bridgehead atoms. The first-order chi connectivity index (χ1) is 8.66. The van der Waals surface area contributed by atoms with E-state index >= 15 is 0 Å². The van der Waals surface area contributed by atoms with Crippen LogP contribution in [0.3, 0.4) is 0 Å². The van der Waals surface area contributed by atoms with Crippen LogP contribution in [0.25, 0.3) is 0 Å². The molecule has 2 unspecified atom stereocenters. The summed E-state index contributed by atoms with van der Waals surface area (Å²) < 4.78 is 5.67. The first-order valence-corrected chi connectivity index (χ1v) is 7.41. The third-order valence-electron chi connectivity index (χ3n) is 4.78. The van der Waals surface area contributed by atoms with Gasteiger partial charge in [0.05, 0.1) is 6.10 Å². The summed E-state index contributed by atoms with van der Waals surface area (Å²) in [4.78, 5) is 5.06. The van der Waals surface area contributed by atoms with Gasteiger partial charge in [0.1, 0.15) is 0 Å². The van der Waals surface area contributed by atoms with Crippen molar-refractivity contribution < 1.29 is 4.74 Å². The molecule has 2 rings (SSSR count). The second-order valence-corrected chi connectivity index (χ2v) is 6.03. The summed E-state index contributed by atoms with van der Waals surface area (Å²) in [5, 5.41) is 0. The molecule has 106 valence electrons. The van der Waals surface area contributed by atoms with Crippen LogP contribution < -0.4 is 5.73 Å². The highest BCUT2D eigenvalue weighted by atomic mass is 16.5. The second-order valence-electron chi connectivity index (χ2n) is 6.03. The summed E-state index contributed by atoms with van der Waals surface area (Å²) in [6.07, 6.45) is 5.23. The monoisotopic (exact) mass is 255 g/mol. The van der Waals surface area contributed by atoms with E-state index in [0.717, 1.165) is 32.5 Å². The van der Waals surface area contributed by atoms with Crippen molar-refractivity contribution in [3.63, 3.8) is 0 Å². The smallest absolute Gasteiger partial charge is 0.0565 e. The van der Waals surface area contributed by atoms with E-state index < -0.39 is 0 Å². The van der Waals surface area contributed by atoms with E-state index in [0.29, 0.717) is 6.10 Å².